The normalized spacial score (nSPS) is 21.1. The molecule has 0 saturated carbocycles. The number of carbonyl (C=O) groups excluding carboxylic acids is 2. The summed E-state index contributed by atoms with van der Waals surface area (Å²) in [6.07, 6.45) is -0.745. The van der Waals surface area contributed by atoms with Crippen molar-refractivity contribution in [2.75, 3.05) is 51.3 Å². The minimum atomic E-state index is -1.49. The summed E-state index contributed by atoms with van der Waals surface area (Å²) >= 11 is 1.07. The molecule has 3 aliphatic rings. The molecular weight excluding hydrogens is 589 g/mol. The fourth-order valence-corrected chi connectivity index (χ4v) is 6.99. The Morgan fingerprint density at radius 3 is 2.47 bits per heavy atom. The average Bonchev–Trinajstić information content (AvgIpc) is 3.27. The molecule has 3 aliphatic heterocycles. The zero-order chi connectivity index (χ0) is 31.2. The maximum Gasteiger partial charge on any atom is 0.407 e. The number of aromatic nitrogens is 1. The predicted molar refractivity (Wildman–Crippen MR) is 152 cm³/mol. The van der Waals surface area contributed by atoms with Gasteiger partial charge in [0, 0.05) is 42.7 Å². The number of halogens is 1. The van der Waals surface area contributed by atoms with Gasteiger partial charge in [0.2, 0.25) is 11.3 Å². The number of thioether (sulfide) groups is 1. The standard InChI is InChI=1S/C27H30FN5O9S/c1-13(34)20-23(36)33-21(26(39)40)19(43-24(20)33)11-29-27(41)42-8-7-32-12-15(25(37)38)22(35)14-9-16(28)18(10-17(14)32)31-5-3-30(2)4-6-31/h9-10,12-13,20,24,34H,3-8,11H2,1-2H3,(H,29,41)(H,37,38)(H,39,40)/t13-,20-,24-/m1/s1. The van der Waals surface area contributed by atoms with Crippen LogP contribution in [0.5, 0.6) is 0 Å². The number of rotatable bonds is 9. The van der Waals surface area contributed by atoms with Crippen molar-refractivity contribution < 1.29 is 43.6 Å². The van der Waals surface area contributed by atoms with Gasteiger partial charge in [-0.25, -0.2) is 18.8 Å². The lowest BCUT2D eigenvalue weighted by Crippen LogP contribution is -2.60. The van der Waals surface area contributed by atoms with E-state index in [4.69, 9.17) is 4.74 Å². The number of hydrogen-bond donors (Lipinski definition) is 4. The van der Waals surface area contributed by atoms with Crippen LogP contribution in [0.1, 0.15) is 17.3 Å². The number of piperazine rings is 1. The Hall–Kier alpha value is -4.15. The van der Waals surface area contributed by atoms with Crippen LogP contribution >= 0.6 is 11.8 Å². The number of alkyl carbamates (subject to hydrolysis) is 1. The Kier molecular flexibility index (Phi) is 8.36. The number of carboxylic acids is 2. The van der Waals surface area contributed by atoms with E-state index in [0.717, 1.165) is 28.9 Å². The number of β-lactam (4-membered cyclic amide) rings is 1. The number of aliphatic hydroxyl groups excluding tert-OH is 1. The Morgan fingerprint density at radius 2 is 1.84 bits per heavy atom. The first-order chi connectivity index (χ1) is 20.4. The molecule has 0 radical (unpaired) electrons. The number of carboxylic acid groups (broad SMARTS) is 2. The fourth-order valence-electron chi connectivity index (χ4n) is 5.44. The quantitative estimate of drug-likeness (QED) is 0.286. The van der Waals surface area contributed by atoms with Crippen molar-refractivity contribution in [2.24, 2.45) is 5.92 Å². The molecule has 0 aliphatic carbocycles. The van der Waals surface area contributed by atoms with Crippen LogP contribution in [0.3, 0.4) is 0 Å². The van der Waals surface area contributed by atoms with E-state index in [9.17, 15) is 39.3 Å². The van der Waals surface area contributed by atoms with Crippen molar-refractivity contribution in [3.05, 3.63) is 50.5 Å². The van der Waals surface area contributed by atoms with Crippen LogP contribution in [0, 0.1) is 11.7 Å². The number of benzene rings is 1. The minimum absolute atomic E-state index is 0.0729. The van der Waals surface area contributed by atoms with E-state index in [0.29, 0.717) is 26.2 Å². The van der Waals surface area contributed by atoms with Gasteiger partial charge in [-0.15, -0.1) is 0 Å². The second kappa shape index (κ2) is 11.9. The number of hydrogen-bond acceptors (Lipinski definition) is 10. The number of aliphatic carboxylic acids is 1. The van der Waals surface area contributed by atoms with E-state index in [-0.39, 0.29) is 46.9 Å². The molecular formula is C27H30FN5O9S. The van der Waals surface area contributed by atoms with Crippen molar-refractivity contribution in [1.82, 2.24) is 19.7 Å². The van der Waals surface area contributed by atoms with Crippen LogP contribution in [-0.4, -0.2) is 111 Å². The number of ether oxygens (including phenoxy) is 1. The van der Waals surface area contributed by atoms with Crippen LogP contribution < -0.4 is 15.6 Å². The van der Waals surface area contributed by atoms with Gasteiger partial charge in [0.25, 0.3) is 0 Å². The molecule has 2 fully saturated rings. The van der Waals surface area contributed by atoms with Crippen LogP contribution in [0.2, 0.25) is 0 Å². The highest BCUT2D eigenvalue weighted by molar-refractivity contribution is 8.04. The Labute approximate surface area is 248 Å². The molecule has 230 valence electrons. The largest absolute Gasteiger partial charge is 0.477 e. The number of likely N-dealkylation sites (N-methyl/N-ethyl adjacent to an activating group) is 1. The molecule has 4 N–H and O–H groups in total. The van der Waals surface area contributed by atoms with Gasteiger partial charge in [0.15, 0.2) is 0 Å². The maximum absolute atomic E-state index is 15.1. The number of fused-ring (bicyclic) bond motifs is 2. The van der Waals surface area contributed by atoms with Crippen molar-refractivity contribution in [3.63, 3.8) is 0 Å². The molecule has 14 nitrogen and oxygen atoms in total. The van der Waals surface area contributed by atoms with E-state index in [1.165, 1.54) is 17.6 Å². The Balaban J connectivity index is 1.29. The highest BCUT2D eigenvalue weighted by atomic mass is 32.2. The van der Waals surface area contributed by atoms with Gasteiger partial charge < -0.3 is 39.7 Å². The molecule has 1 aromatic heterocycles. The summed E-state index contributed by atoms with van der Waals surface area (Å²) < 4.78 is 21.8. The monoisotopic (exact) mass is 619 g/mol. The third-order valence-corrected chi connectivity index (χ3v) is 9.12. The van der Waals surface area contributed by atoms with Crippen LogP contribution in [0.4, 0.5) is 14.9 Å². The van der Waals surface area contributed by atoms with Crippen molar-refractivity contribution in [3.8, 4) is 0 Å². The minimum Gasteiger partial charge on any atom is -0.477 e. The molecule has 2 amide bonds. The maximum atomic E-state index is 15.1. The predicted octanol–water partition coefficient (Wildman–Crippen LogP) is 0.525. The fraction of sp³-hybridized carbons (Fsp3) is 0.444. The van der Waals surface area contributed by atoms with Gasteiger partial charge >= 0.3 is 18.0 Å². The lowest BCUT2D eigenvalue weighted by atomic mass is 9.92. The van der Waals surface area contributed by atoms with Crippen molar-refractivity contribution >= 4 is 52.3 Å². The first kappa shape index (κ1) is 30.3. The van der Waals surface area contributed by atoms with Crippen LogP contribution in [-0.2, 0) is 20.9 Å². The van der Waals surface area contributed by atoms with Gasteiger partial charge in [-0.1, -0.05) is 11.8 Å². The SMILES string of the molecule is C[C@@H](O)[C@@H]1C(=O)N2C(C(=O)O)=C(CNC(=O)OCCn3cc(C(=O)O)c(=O)c4cc(F)c(N5CCN(C)CC5)cc43)S[C@H]12. The number of anilines is 1. The Bertz CT molecular complexity index is 1600. The number of nitrogens with one attached hydrogen (secondary N) is 1. The third-order valence-electron chi connectivity index (χ3n) is 7.76. The lowest BCUT2D eigenvalue weighted by Gasteiger charge is -2.43. The van der Waals surface area contributed by atoms with E-state index in [2.05, 4.69) is 10.2 Å². The summed E-state index contributed by atoms with van der Waals surface area (Å²) in [5.74, 6) is -4.74. The lowest BCUT2D eigenvalue weighted by molar-refractivity contribution is -0.156. The molecule has 2 aromatic rings. The van der Waals surface area contributed by atoms with Gasteiger partial charge in [-0.2, -0.15) is 0 Å². The molecule has 4 heterocycles. The smallest absolute Gasteiger partial charge is 0.407 e. The van der Waals surface area contributed by atoms with E-state index < -0.39 is 58.1 Å². The van der Waals surface area contributed by atoms with Crippen LogP contribution in [0.15, 0.2) is 33.7 Å². The highest BCUT2D eigenvalue weighted by Gasteiger charge is 2.57. The third kappa shape index (κ3) is 5.64. The molecule has 1 aromatic carbocycles. The summed E-state index contributed by atoms with van der Waals surface area (Å²) in [6, 6.07) is 2.52. The van der Waals surface area contributed by atoms with E-state index >= 15 is 4.39 Å². The molecule has 0 bridgehead atoms. The van der Waals surface area contributed by atoms with Crippen LogP contribution in [0.25, 0.3) is 10.9 Å². The van der Waals surface area contributed by atoms with Gasteiger partial charge in [0.05, 0.1) is 36.3 Å². The van der Waals surface area contributed by atoms with Gasteiger partial charge in [0.1, 0.15) is 29.1 Å². The zero-order valence-corrected chi connectivity index (χ0v) is 24.1. The number of aliphatic hydroxyl groups is 1. The number of amides is 2. The zero-order valence-electron chi connectivity index (χ0n) is 23.3. The Morgan fingerprint density at radius 1 is 1.14 bits per heavy atom. The molecule has 2 saturated heterocycles. The molecule has 16 heteroatoms. The van der Waals surface area contributed by atoms with Crippen molar-refractivity contribution in [2.45, 2.75) is 24.9 Å². The van der Waals surface area contributed by atoms with Gasteiger partial charge in [-0.3, -0.25) is 14.5 Å². The molecule has 43 heavy (non-hydrogen) atoms. The molecule has 0 unspecified atom stereocenters. The summed E-state index contributed by atoms with van der Waals surface area (Å²) in [6.45, 7) is 3.42. The first-order valence-electron chi connectivity index (χ1n) is 13.5. The summed E-state index contributed by atoms with van der Waals surface area (Å²) in [5.41, 5.74) is -1.12. The molecule has 0 spiro atoms. The number of carbonyl (C=O) groups is 4. The summed E-state index contributed by atoms with van der Waals surface area (Å²) in [4.78, 5) is 66.4. The number of aromatic carboxylic acids is 1. The summed E-state index contributed by atoms with van der Waals surface area (Å²) in [5, 5.41) is 30.8. The van der Waals surface area contributed by atoms with E-state index in [1.807, 2.05) is 11.9 Å². The van der Waals surface area contributed by atoms with E-state index in [1.54, 1.807) is 0 Å². The highest BCUT2D eigenvalue weighted by Crippen LogP contribution is 2.50. The average molecular weight is 620 g/mol. The van der Waals surface area contributed by atoms with Gasteiger partial charge in [-0.05, 0) is 26.1 Å². The summed E-state index contributed by atoms with van der Waals surface area (Å²) in [7, 11) is 1.96. The first-order valence-corrected chi connectivity index (χ1v) is 14.3. The van der Waals surface area contributed by atoms with Crippen molar-refractivity contribution in [1.29, 1.82) is 0 Å². The molecule has 3 atom stereocenters. The second-order valence-electron chi connectivity index (χ2n) is 10.5. The second-order valence-corrected chi connectivity index (χ2v) is 11.7. The molecule has 5 rings (SSSR count). The topological polar surface area (TPSA) is 182 Å². The number of nitrogens with zero attached hydrogens (tertiary/aromatic N) is 4. The number of pyridine rings is 1.